The zero-order chi connectivity index (χ0) is 16.5. The van der Waals surface area contributed by atoms with Gasteiger partial charge in [-0.3, -0.25) is 10.1 Å². The third-order valence-electron chi connectivity index (χ3n) is 2.96. The Kier molecular flexibility index (Phi) is 6.39. The maximum atomic E-state index is 10.1. The van der Waals surface area contributed by atoms with Gasteiger partial charge in [-0.15, -0.1) is 14.3 Å². The van der Waals surface area contributed by atoms with Crippen LogP contribution < -0.4 is 10.6 Å². The van der Waals surface area contributed by atoms with Crippen molar-refractivity contribution in [3.05, 3.63) is 54.4 Å². The lowest BCUT2D eigenvalue weighted by Gasteiger charge is -1.93. The molecule has 3 aromatic rings. The molecule has 0 aliphatic rings. The van der Waals surface area contributed by atoms with E-state index in [-0.39, 0.29) is 0 Å². The molecule has 0 saturated carbocycles. The number of H-pyrrole nitrogens is 1. The molecule has 0 aliphatic carbocycles. The molecular formula is C16H18N5OP. The summed E-state index contributed by atoms with van der Waals surface area (Å²) in [5.41, 5.74) is 2.05. The van der Waals surface area contributed by atoms with Crippen LogP contribution in [0.25, 0.3) is 11.4 Å². The molecule has 0 saturated heterocycles. The number of carbonyl (C=O) groups excluding carboxylic acids is 1. The third-order valence-corrected chi connectivity index (χ3v) is 3.35. The van der Waals surface area contributed by atoms with Crippen LogP contribution in [0.4, 0.5) is 5.95 Å². The predicted octanol–water partition coefficient (Wildman–Crippen LogP) is 1.84. The van der Waals surface area contributed by atoms with Crippen molar-refractivity contribution in [1.82, 2.24) is 20.2 Å². The number of carbonyl (C=O) groups is 1. The summed E-state index contributed by atoms with van der Waals surface area (Å²) in [4.78, 5) is 18.2. The molecule has 1 aromatic carbocycles. The Balaban J connectivity index is 0.000000174. The Morgan fingerprint density at radius 1 is 1.17 bits per heavy atom. The van der Waals surface area contributed by atoms with Gasteiger partial charge < -0.3 is 10.1 Å². The van der Waals surface area contributed by atoms with Gasteiger partial charge in [0.05, 0.1) is 0 Å². The zero-order valence-corrected chi connectivity index (χ0v) is 13.9. The number of aromatic nitrogens is 4. The number of hydrogen-bond donors (Lipinski definition) is 2. The van der Waals surface area contributed by atoms with Crippen molar-refractivity contribution in [2.24, 2.45) is 0 Å². The van der Waals surface area contributed by atoms with Crippen LogP contribution in [0.15, 0.2) is 48.8 Å². The minimum absolute atomic E-state index is 0.519. The van der Waals surface area contributed by atoms with E-state index in [2.05, 4.69) is 34.7 Å². The van der Waals surface area contributed by atoms with Gasteiger partial charge >= 0.3 is 0 Å². The van der Waals surface area contributed by atoms with Crippen LogP contribution in [0.1, 0.15) is 5.56 Å². The topological polar surface area (TPSA) is 83.6 Å². The second kappa shape index (κ2) is 8.76. The van der Waals surface area contributed by atoms with Crippen molar-refractivity contribution in [3.63, 3.8) is 0 Å². The van der Waals surface area contributed by atoms with Gasteiger partial charge in [0.2, 0.25) is 5.95 Å². The van der Waals surface area contributed by atoms with E-state index in [4.69, 9.17) is 0 Å². The molecule has 1 atom stereocenters. The van der Waals surface area contributed by atoms with Crippen molar-refractivity contribution < 1.29 is 4.79 Å². The summed E-state index contributed by atoms with van der Waals surface area (Å²) in [5, 5.41) is 10.8. The lowest BCUT2D eigenvalue weighted by atomic mass is 10.2. The molecule has 23 heavy (non-hydrogen) atoms. The summed E-state index contributed by atoms with van der Waals surface area (Å²) in [6.07, 6.45) is 4.87. The van der Waals surface area contributed by atoms with Crippen LogP contribution in [0.5, 0.6) is 0 Å². The number of pyridine rings is 1. The molecule has 0 amide bonds. The SMILES string of the molecule is CNc1n[nH]c(-c2ccncc2)n1.O=CCc1ccc(P)cc1. The van der Waals surface area contributed by atoms with E-state index in [9.17, 15) is 4.79 Å². The first-order valence-electron chi connectivity index (χ1n) is 7.01. The Hall–Kier alpha value is -2.59. The number of nitrogens with zero attached hydrogens (tertiary/aromatic N) is 3. The first-order valence-corrected chi connectivity index (χ1v) is 7.59. The molecule has 7 heteroatoms. The van der Waals surface area contributed by atoms with Crippen LogP contribution in [-0.2, 0) is 11.2 Å². The molecule has 0 spiro atoms. The van der Waals surface area contributed by atoms with Crippen molar-refractivity contribution in [2.75, 3.05) is 12.4 Å². The highest BCUT2D eigenvalue weighted by Gasteiger charge is 2.02. The number of aromatic amines is 1. The van der Waals surface area contributed by atoms with Gasteiger partial charge in [0, 0.05) is 31.4 Å². The molecule has 0 aliphatic heterocycles. The molecule has 118 valence electrons. The van der Waals surface area contributed by atoms with Crippen molar-refractivity contribution in [3.8, 4) is 11.4 Å². The summed E-state index contributed by atoms with van der Waals surface area (Å²) in [6.45, 7) is 0. The smallest absolute Gasteiger partial charge is 0.242 e. The highest BCUT2D eigenvalue weighted by molar-refractivity contribution is 7.27. The summed E-state index contributed by atoms with van der Waals surface area (Å²) in [6, 6.07) is 11.6. The summed E-state index contributed by atoms with van der Waals surface area (Å²) < 4.78 is 0. The average Bonchev–Trinajstić information content (AvgIpc) is 3.08. The van der Waals surface area contributed by atoms with Crippen molar-refractivity contribution in [2.45, 2.75) is 6.42 Å². The van der Waals surface area contributed by atoms with Crippen LogP contribution in [0, 0.1) is 0 Å². The second-order valence-corrected chi connectivity index (χ2v) is 5.27. The molecular weight excluding hydrogens is 309 g/mol. The lowest BCUT2D eigenvalue weighted by Crippen LogP contribution is -1.91. The normalized spacial score (nSPS) is 9.65. The summed E-state index contributed by atoms with van der Waals surface area (Å²) >= 11 is 0. The van der Waals surface area contributed by atoms with Crippen LogP contribution in [0.2, 0.25) is 0 Å². The third kappa shape index (κ3) is 5.27. The molecule has 2 heterocycles. The van der Waals surface area contributed by atoms with Crippen molar-refractivity contribution in [1.29, 1.82) is 0 Å². The average molecular weight is 327 g/mol. The molecule has 6 nitrogen and oxygen atoms in total. The quantitative estimate of drug-likeness (QED) is 0.564. The molecule has 0 radical (unpaired) electrons. The van der Waals surface area contributed by atoms with Gasteiger partial charge in [0.1, 0.15) is 6.29 Å². The number of anilines is 1. The molecule has 0 bridgehead atoms. The van der Waals surface area contributed by atoms with Gasteiger partial charge in [-0.1, -0.05) is 24.3 Å². The molecule has 2 N–H and O–H groups in total. The van der Waals surface area contributed by atoms with E-state index >= 15 is 0 Å². The van der Waals surface area contributed by atoms with Gasteiger partial charge in [-0.25, -0.2) is 0 Å². The maximum Gasteiger partial charge on any atom is 0.242 e. The number of benzene rings is 1. The monoisotopic (exact) mass is 327 g/mol. The van der Waals surface area contributed by atoms with E-state index in [1.54, 1.807) is 19.4 Å². The van der Waals surface area contributed by atoms with E-state index in [1.807, 2.05) is 36.4 Å². The number of rotatable bonds is 4. The van der Waals surface area contributed by atoms with Gasteiger partial charge in [-0.05, 0) is 23.0 Å². The zero-order valence-electron chi connectivity index (χ0n) is 12.7. The van der Waals surface area contributed by atoms with Crippen LogP contribution in [0.3, 0.4) is 0 Å². The van der Waals surface area contributed by atoms with E-state index < -0.39 is 0 Å². The Morgan fingerprint density at radius 2 is 1.87 bits per heavy atom. The first-order chi connectivity index (χ1) is 11.2. The van der Waals surface area contributed by atoms with Crippen molar-refractivity contribution >= 4 is 26.8 Å². The lowest BCUT2D eigenvalue weighted by molar-refractivity contribution is -0.107. The summed E-state index contributed by atoms with van der Waals surface area (Å²) in [5.74, 6) is 1.33. The Bertz CT molecular complexity index is 728. The minimum Gasteiger partial charge on any atom is -0.356 e. The fraction of sp³-hybridized carbons (Fsp3) is 0.125. The van der Waals surface area contributed by atoms with E-state index in [0.29, 0.717) is 12.4 Å². The predicted molar refractivity (Wildman–Crippen MR) is 94.7 cm³/mol. The molecule has 3 rings (SSSR count). The molecule has 0 fully saturated rings. The van der Waals surface area contributed by atoms with E-state index in [1.165, 1.54) is 0 Å². The number of hydrogen-bond acceptors (Lipinski definition) is 5. The highest BCUT2D eigenvalue weighted by atomic mass is 31.0. The first kappa shape index (κ1) is 16.8. The van der Waals surface area contributed by atoms with Gasteiger partial charge in [-0.2, -0.15) is 4.98 Å². The Labute approximate surface area is 137 Å². The van der Waals surface area contributed by atoms with Gasteiger partial charge in [0.15, 0.2) is 5.82 Å². The van der Waals surface area contributed by atoms with Crippen LogP contribution >= 0.6 is 9.24 Å². The van der Waals surface area contributed by atoms with Crippen LogP contribution in [-0.4, -0.2) is 33.5 Å². The number of aldehydes is 1. The fourth-order valence-corrected chi connectivity index (χ4v) is 1.95. The minimum atomic E-state index is 0.519. The molecule has 2 aromatic heterocycles. The molecule has 1 unspecified atom stereocenters. The second-order valence-electron chi connectivity index (χ2n) is 4.61. The summed E-state index contributed by atoms with van der Waals surface area (Å²) in [7, 11) is 4.38. The largest absolute Gasteiger partial charge is 0.356 e. The van der Waals surface area contributed by atoms with Gasteiger partial charge in [0.25, 0.3) is 0 Å². The number of nitrogens with one attached hydrogen (secondary N) is 2. The maximum absolute atomic E-state index is 10.1. The van der Waals surface area contributed by atoms with E-state index in [0.717, 1.165) is 28.5 Å². The fourth-order valence-electron chi connectivity index (χ4n) is 1.76. The Morgan fingerprint density at radius 3 is 2.43 bits per heavy atom. The standard InChI is InChI=1S/C8H9N5.C8H9OP/c1-9-8-11-7(12-13-8)6-2-4-10-5-3-6;9-6-5-7-1-3-8(10)4-2-7/h2-5H,1H3,(H2,9,11,12,13);1-4,6H,5,10H2. The highest BCUT2D eigenvalue weighted by Crippen LogP contribution is 2.13.